The van der Waals surface area contributed by atoms with Crippen LogP contribution in [0.2, 0.25) is 0 Å². The number of rotatable bonds is 5. The molecule has 6 aliphatic rings. The van der Waals surface area contributed by atoms with Gasteiger partial charge < -0.3 is 10.2 Å². The largest absolute Gasteiger partial charge is 0.393 e. The van der Waals surface area contributed by atoms with Crippen LogP contribution in [0.25, 0.3) is 0 Å². The molecule has 2 aromatic heterocycles. The Hall–Kier alpha value is -1.74. The molecule has 202 valence electrons. The Morgan fingerprint density at radius 3 is 2.63 bits per heavy atom. The van der Waals surface area contributed by atoms with Crippen LogP contribution < -0.4 is 0 Å². The standard InChI is InChI=1S/C30H37N3O3S2/c1-18-4-5-21(38-18)24(35)20-15-28-12-13-30(20)22(26(28,2)9-6-19(34)14-28)7-10-27(3)23(30)8-11-29(27,36)16-37-25-31-17-32-33-25/h4-5,12-13,15,17,19,22-23,34,36H,6-11,14,16H2,1-3H3,(H,31,32,33). The molecular formula is C30H37N3O3S2. The van der Waals surface area contributed by atoms with Crippen molar-refractivity contribution in [3.05, 3.63) is 52.0 Å². The van der Waals surface area contributed by atoms with E-state index in [1.165, 1.54) is 6.33 Å². The van der Waals surface area contributed by atoms with E-state index < -0.39 is 11.0 Å². The van der Waals surface area contributed by atoms with Gasteiger partial charge in [-0.2, -0.15) is 5.10 Å². The Morgan fingerprint density at radius 1 is 1.13 bits per heavy atom. The minimum absolute atomic E-state index is 0.00719. The number of hydrogen-bond acceptors (Lipinski definition) is 7. The number of fused-ring (bicyclic) bond motifs is 1. The third-order valence-corrected chi connectivity index (χ3v) is 13.9. The number of nitrogens with zero attached hydrogens (tertiary/aromatic N) is 2. The van der Waals surface area contributed by atoms with E-state index in [-0.39, 0.29) is 34.1 Å². The molecular weight excluding hydrogens is 514 g/mol. The van der Waals surface area contributed by atoms with Gasteiger partial charge in [-0.3, -0.25) is 9.89 Å². The number of nitrogens with one attached hydrogen (secondary N) is 1. The zero-order valence-electron chi connectivity index (χ0n) is 22.4. The molecule has 3 fully saturated rings. The molecule has 0 amide bonds. The zero-order valence-corrected chi connectivity index (χ0v) is 24.0. The summed E-state index contributed by atoms with van der Waals surface area (Å²) in [6, 6.07) is 4.02. The summed E-state index contributed by atoms with van der Waals surface area (Å²) in [6.45, 7) is 6.77. The van der Waals surface area contributed by atoms with E-state index >= 15 is 0 Å². The van der Waals surface area contributed by atoms with E-state index in [1.807, 2.05) is 12.1 Å². The highest BCUT2D eigenvalue weighted by Gasteiger charge is 2.74. The van der Waals surface area contributed by atoms with E-state index in [0.29, 0.717) is 18.1 Å². The Labute approximate surface area is 232 Å². The lowest BCUT2D eigenvalue weighted by Crippen LogP contribution is -2.67. The van der Waals surface area contributed by atoms with Crippen molar-refractivity contribution in [3.8, 4) is 0 Å². The van der Waals surface area contributed by atoms with Crippen LogP contribution in [-0.4, -0.2) is 48.6 Å². The van der Waals surface area contributed by atoms with Crippen LogP contribution in [0.15, 0.2) is 47.4 Å². The highest BCUT2D eigenvalue weighted by molar-refractivity contribution is 7.99. The van der Waals surface area contributed by atoms with Gasteiger partial charge in [0.25, 0.3) is 0 Å². The summed E-state index contributed by atoms with van der Waals surface area (Å²) >= 11 is 3.12. The van der Waals surface area contributed by atoms with Gasteiger partial charge in [-0.25, -0.2) is 4.98 Å². The molecule has 2 heterocycles. The van der Waals surface area contributed by atoms with Gasteiger partial charge in [0.15, 0.2) is 10.9 Å². The number of allylic oxidation sites excluding steroid dienone is 4. The normalized spacial score (nSPS) is 44.9. The molecule has 8 heteroatoms. The number of hydrogen-bond donors (Lipinski definition) is 3. The second kappa shape index (κ2) is 8.15. The van der Waals surface area contributed by atoms with Crippen molar-refractivity contribution in [1.29, 1.82) is 0 Å². The molecule has 6 nitrogen and oxygen atoms in total. The number of Topliss-reactive ketones (excluding diaryl/α,β-unsaturated/α-hetero) is 1. The van der Waals surface area contributed by atoms with Gasteiger partial charge in [0.05, 0.1) is 16.6 Å². The van der Waals surface area contributed by atoms with E-state index in [1.54, 1.807) is 23.1 Å². The molecule has 0 aromatic carbocycles. The van der Waals surface area contributed by atoms with Gasteiger partial charge in [0, 0.05) is 32.4 Å². The van der Waals surface area contributed by atoms with Crippen LogP contribution in [0.5, 0.6) is 0 Å². The van der Waals surface area contributed by atoms with Crippen molar-refractivity contribution in [2.75, 3.05) is 5.75 Å². The van der Waals surface area contributed by atoms with Crippen molar-refractivity contribution >= 4 is 28.9 Å². The summed E-state index contributed by atoms with van der Waals surface area (Å²) in [7, 11) is 0. The maximum atomic E-state index is 14.4. The van der Waals surface area contributed by atoms with E-state index in [2.05, 4.69) is 54.2 Å². The van der Waals surface area contributed by atoms with Crippen LogP contribution in [-0.2, 0) is 0 Å². The molecule has 0 radical (unpaired) electrons. The number of carbonyl (C=O) groups excluding carboxylic acids is 1. The number of thiophene rings is 1. The van der Waals surface area contributed by atoms with Crippen molar-refractivity contribution in [2.45, 2.75) is 82.6 Å². The van der Waals surface area contributed by atoms with Crippen molar-refractivity contribution in [3.63, 3.8) is 0 Å². The van der Waals surface area contributed by atoms with Gasteiger partial charge in [-0.05, 0) is 81.3 Å². The number of carbonyl (C=O) groups is 1. The number of aryl methyl sites for hydroxylation is 1. The highest BCUT2D eigenvalue weighted by Crippen LogP contribution is 2.78. The summed E-state index contributed by atoms with van der Waals surface area (Å²) in [5.74, 6) is 1.20. The van der Waals surface area contributed by atoms with Gasteiger partial charge in [0.1, 0.15) is 6.33 Å². The fourth-order valence-corrected chi connectivity index (χ4v) is 11.6. The van der Waals surface area contributed by atoms with Crippen molar-refractivity contribution < 1.29 is 15.0 Å². The predicted octanol–water partition coefficient (Wildman–Crippen LogP) is 5.74. The third kappa shape index (κ3) is 3.06. The number of thioether (sulfide) groups is 1. The summed E-state index contributed by atoms with van der Waals surface area (Å²) in [6.07, 6.45) is 14.2. The van der Waals surface area contributed by atoms with Gasteiger partial charge >= 0.3 is 0 Å². The maximum absolute atomic E-state index is 14.4. The summed E-state index contributed by atoms with van der Waals surface area (Å²) in [4.78, 5) is 20.6. The first kappa shape index (κ1) is 25.2. The van der Waals surface area contributed by atoms with E-state index in [0.717, 1.165) is 59.0 Å². The first-order chi connectivity index (χ1) is 18.1. The van der Waals surface area contributed by atoms with Gasteiger partial charge in [0.2, 0.25) is 0 Å². The third-order valence-electron chi connectivity index (χ3n) is 11.8. The minimum atomic E-state index is -0.855. The Morgan fingerprint density at radius 2 is 1.89 bits per heavy atom. The molecule has 6 aliphatic carbocycles. The molecule has 0 aliphatic heterocycles. The molecule has 3 N–H and O–H groups in total. The first-order valence-corrected chi connectivity index (χ1v) is 15.8. The topological polar surface area (TPSA) is 99.1 Å². The average molecular weight is 552 g/mol. The minimum Gasteiger partial charge on any atom is -0.393 e. The molecule has 8 unspecified atom stereocenters. The van der Waals surface area contributed by atoms with E-state index in [4.69, 9.17) is 0 Å². The maximum Gasteiger partial charge on any atom is 0.199 e. The SMILES string of the molecule is Cc1ccc(C(=O)C2=CC34C=CC25C(CCC2(C)C5CCC2(O)CSc2ncn[nH]2)C3(C)CCC(O)C4)s1. The van der Waals surface area contributed by atoms with Crippen molar-refractivity contribution in [2.24, 2.45) is 33.5 Å². The van der Waals surface area contributed by atoms with Crippen molar-refractivity contribution in [1.82, 2.24) is 15.2 Å². The number of aliphatic hydroxyl groups is 2. The van der Waals surface area contributed by atoms with Crippen LogP contribution >= 0.6 is 23.1 Å². The summed E-state index contributed by atoms with van der Waals surface area (Å²) < 4.78 is 0. The van der Waals surface area contributed by atoms with Gasteiger partial charge in [-0.1, -0.05) is 43.8 Å². The number of aromatic nitrogens is 3. The smallest absolute Gasteiger partial charge is 0.199 e. The molecule has 2 aromatic rings. The number of aliphatic hydroxyl groups excluding tert-OH is 1. The number of H-pyrrole nitrogens is 1. The van der Waals surface area contributed by atoms with E-state index in [9.17, 15) is 15.0 Å². The fourth-order valence-electron chi connectivity index (χ4n) is 9.72. The molecule has 8 rings (SSSR count). The summed E-state index contributed by atoms with van der Waals surface area (Å²) in [5, 5.41) is 30.7. The number of ketones is 1. The Bertz CT molecular complexity index is 1350. The average Bonchev–Trinajstić information content (AvgIpc) is 3.62. The monoisotopic (exact) mass is 551 g/mol. The van der Waals surface area contributed by atoms with Crippen LogP contribution in [0.1, 0.15) is 73.3 Å². The second-order valence-corrected chi connectivity index (χ2v) is 15.4. The lowest BCUT2D eigenvalue weighted by molar-refractivity contribution is -0.166. The highest BCUT2D eigenvalue weighted by atomic mass is 32.2. The molecule has 38 heavy (non-hydrogen) atoms. The molecule has 3 saturated carbocycles. The predicted molar refractivity (Wildman–Crippen MR) is 149 cm³/mol. The second-order valence-electron chi connectivity index (χ2n) is 13.1. The lowest BCUT2D eigenvalue weighted by Gasteiger charge is -2.71. The van der Waals surface area contributed by atoms with Gasteiger partial charge in [-0.15, -0.1) is 11.3 Å². The molecule has 0 saturated heterocycles. The Balaban J connectivity index is 1.36. The first-order valence-electron chi connectivity index (χ1n) is 14.0. The van der Waals surface area contributed by atoms with Crippen LogP contribution in [0.4, 0.5) is 0 Å². The molecule has 8 atom stereocenters. The lowest BCUT2D eigenvalue weighted by atomic mass is 9.33. The zero-order chi connectivity index (χ0) is 26.6. The Kier molecular flexibility index (Phi) is 5.41. The quantitative estimate of drug-likeness (QED) is 0.249. The number of aromatic amines is 1. The fraction of sp³-hybridized carbons (Fsp3) is 0.633. The molecule has 2 bridgehead atoms. The van der Waals surface area contributed by atoms with Crippen LogP contribution in [0, 0.1) is 40.4 Å². The summed E-state index contributed by atoms with van der Waals surface area (Å²) in [5.41, 5.74) is -0.949. The molecule has 2 spiro atoms. The van der Waals surface area contributed by atoms with Crippen LogP contribution in [0.3, 0.4) is 0 Å².